The van der Waals surface area contributed by atoms with Gasteiger partial charge in [-0.3, -0.25) is 4.79 Å². The number of nitrogens with two attached hydrogens (primary N) is 1. The van der Waals surface area contributed by atoms with E-state index in [1.54, 1.807) is 27.2 Å². The smallest absolute Gasteiger partial charge is 0.317 e. The van der Waals surface area contributed by atoms with Gasteiger partial charge in [-0.15, -0.1) is 0 Å². The van der Waals surface area contributed by atoms with E-state index in [-0.39, 0.29) is 12.1 Å². The Labute approximate surface area is 253 Å². The molecule has 4 rings (SSSR count). The van der Waals surface area contributed by atoms with Crippen LogP contribution in [-0.2, 0) is 9.53 Å². The second kappa shape index (κ2) is 14.3. The number of hydrogen-bond donors (Lipinski definition) is 2. The van der Waals surface area contributed by atoms with Gasteiger partial charge in [-0.1, -0.05) is 93.7 Å². The molecule has 4 aliphatic rings. The van der Waals surface area contributed by atoms with Crippen molar-refractivity contribution in [2.24, 2.45) is 52.1 Å². The normalized spacial score (nSPS) is 35.8. The number of nitrogens with one attached hydrogen (secondary N) is 1. The van der Waals surface area contributed by atoms with Gasteiger partial charge in [0.25, 0.3) is 0 Å². The van der Waals surface area contributed by atoms with Crippen molar-refractivity contribution >= 4 is 27.6 Å². The quantitative estimate of drug-likeness (QED) is 0.0917. The lowest BCUT2D eigenvalue weighted by Gasteiger charge is -2.58. The Balaban J connectivity index is 1.29. The van der Waals surface area contributed by atoms with Crippen molar-refractivity contribution in [2.45, 2.75) is 111 Å². The van der Waals surface area contributed by atoms with Gasteiger partial charge >= 0.3 is 5.97 Å². The fourth-order valence-electron chi connectivity index (χ4n) is 9.48. The summed E-state index contributed by atoms with van der Waals surface area (Å²) in [4.78, 5) is 12.6. The zero-order valence-corrected chi connectivity index (χ0v) is 27.8. The van der Waals surface area contributed by atoms with E-state index in [1.165, 1.54) is 57.8 Å². The molecular weight excluding hydrogens is 533 g/mol. The molecule has 6 heteroatoms. The summed E-state index contributed by atoms with van der Waals surface area (Å²) in [5.74, 6) is 6.25. The Hall–Kier alpha value is -0.590. The molecule has 0 saturated heterocycles. The number of hydrogen-bond acceptors (Lipinski definition) is 6. The fourth-order valence-corrected chi connectivity index (χ4v) is 11.3. The third kappa shape index (κ3) is 7.30. The van der Waals surface area contributed by atoms with Crippen molar-refractivity contribution in [3.63, 3.8) is 0 Å². The molecule has 0 aromatic rings. The van der Waals surface area contributed by atoms with Gasteiger partial charge in [0.2, 0.25) is 0 Å². The monoisotopic (exact) mass is 590 g/mol. The van der Waals surface area contributed by atoms with E-state index >= 15 is 0 Å². The van der Waals surface area contributed by atoms with Crippen molar-refractivity contribution in [3.05, 3.63) is 23.9 Å². The van der Waals surface area contributed by atoms with Crippen LogP contribution in [0.5, 0.6) is 0 Å². The molecule has 40 heavy (non-hydrogen) atoms. The van der Waals surface area contributed by atoms with Crippen LogP contribution in [0.25, 0.3) is 0 Å². The minimum absolute atomic E-state index is 0.0477. The van der Waals surface area contributed by atoms with Crippen molar-refractivity contribution in [2.75, 3.05) is 24.6 Å². The molecule has 0 radical (unpaired) electrons. The van der Waals surface area contributed by atoms with E-state index in [1.807, 2.05) is 0 Å². The van der Waals surface area contributed by atoms with Crippen LogP contribution in [0.15, 0.2) is 23.9 Å². The lowest BCUT2D eigenvalue weighted by atomic mass is 9.47. The van der Waals surface area contributed by atoms with E-state index in [4.69, 9.17) is 10.5 Å². The van der Waals surface area contributed by atoms with Gasteiger partial charge in [0.15, 0.2) is 0 Å². The highest BCUT2D eigenvalue weighted by molar-refractivity contribution is 8.76. The molecule has 3 fully saturated rings. The molecular formula is C34H58N2O2S2. The van der Waals surface area contributed by atoms with Gasteiger partial charge in [-0.05, 0) is 91.3 Å². The average molecular weight is 591 g/mol. The van der Waals surface area contributed by atoms with Gasteiger partial charge in [0.1, 0.15) is 11.9 Å². The number of allylic oxidation sites excluding steroid dienone is 1. The van der Waals surface area contributed by atoms with Crippen molar-refractivity contribution in [1.82, 2.24) is 5.32 Å². The molecule has 3 saturated carbocycles. The zero-order valence-electron chi connectivity index (χ0n) is 26.1. The van der Waals surface area contributed by atoms with Crippen LogP contribution >= 0.6 is 21.6 Å². The molecule has 0 unspecified atom stereocenters. The summed E-state index contributed by atoms with van der Waals surface area (Å²) in [5, 5.41) is 3.19. The molecule has 8 atom stereocenters. The third-order valence-electron chi connectivity index (χ3n) is 11.6. The third-order valence-corrected chi connectivity index (χ3v) is 13.8. The van der Waals surface area contributed by atoms with Crippen molar-refractivity contribution < 1.29 is 9.53 Å². The molecule has 228 valence electrons. The molecule has 0 aromatic heterocycles. The summed E-state index contributed by atoms with van der Waals surface area (Å²) in [6, 6.07) is 0. The van der Waals surface area contributed by atoms with Crippen molar-refractivity contribution in [1.29, 1.82) is 0 Å². The predicted molar refractivity (Wildman–Crippen MR) is 174 cm³/mol. The first-order valence-corrected chi connectivity index (χ1v) is 18.8. The minimum atomic E-state index is -0.0751. The maximum atomic E-state index is 12.6. The lowest BCUT2D eigenvalue weighted by Crippen LogP contribution is -2.51. The highest BCUT2D eigenvalue weighted by atomic mass is 33.1. The maximum Gasteiger partial charge on any atom is 0.317 e. The van der Waals surface area contributed by atoms with Gasteiger partial charge < -0.3 is 15.8 Å². The number of carbonyl (C=O) groups excluding carboxylic acids is 1. The second-order valence-electron chi connectivity index (χ2n) is 14.5. The summed E-state index contributed by atoms with van der Waals surface area (Å²) in [6.45, 7) is 17.9. The van der Waals surface area contributed by atoms with Crippen LogP contribution in [0.3, 0.4) is 0 Å². The molecule has 0 heterocycles. The Morgan fingerprint density at radius 2 is 1.88 bits per heavy atom. The first kappa shape index (κ1) is 32.3. The van der Waals surface area contributed by atoms with Gasteiger partial charge in [0.05, 0.1) is 0 Å². The summed E-state index contributed by atoms with van der Waals surface area (Å²) < 4.78 is 6.00. The van der Waals surface area contributed by atoms with Crippen LogP contribution in [0.1, 0.15) is 105 Å². The highest BCUT2D eigenvalue weighted by Gasteiger charge is 2.59. The van der Waals surface area contributed by atoms with E-state index in [2.05, 4.69) is 52.6 Å². The lowest BCUT2D eigenvalue weighted by molar-refractivity contribution is -0.148. The molecule has 0 aliphatic heterocycles. The Kier molecular flexibility index (Phi) is 11.5. The number of carbonyl (C=O) groups is 1. The molecule has 4 aliphatic carbocycles. The maximum absolute atomic E-state index is 12.6. The van der Waals surface area contributed by atoms with E-state index in [9.17, 15) is 4.79 Å². The van der Waals surface area contributed by atoms with Crippen LogP contribution in [0.4, 0.5) is 0 Å². The second-order valence-corrected chi connectivity index (χ2v) is 17.0. The van der Waals surface area contributed by atoms with E-state index in [0.717, 1.165) is 66.3 Å². The largest absolute Gasteiger partial charge is 0.461 e. The zero-order chi connectivity index (χ0) is 28.9. The van der Waals surface area contributed by atoms with Crippen LogP contribution in [0, 0.1) is 46.3 Å². The van der Waals surface area contributed by atoms with Gasteiger partial charge in [-0.25, -0.2) is 0 Å². The first-order valence-electron chi connectivity index (χ1n) is 16.3. The fraction of sp³-hybridized carbons (Fsp3) is 0.853. The number of rotatable bonds is 14. The Bertz CT molecular complexity index is 906. The average Bonchev–Trinajstić information content (AvgIpc) is 3.27. The minimum Gasteiger partial charge on any atom is -0.461 e. The van der Waals surface area contributed by atoms with Crippen LogP contribution in [-0.4, -0.2) is 36.7 Å². The highest BCUT2D eigenvalue weighted by Crippen LogP contribution is 2.67. The predicted octanol–water partition coefficient (Wildman–Crippen LogP) is 8.38. The Morgan fingerprint density at radius 3 is 2.62 bits per heavy atom. The number of esters is 1. The molecule has 0 bridgehead atoms. The molecule has 0 amide bonds. The molecule has 4 nitrogen and oxygen atoms in total. The summed E-state index contributed by atoms with van der Waals surface area (Å²) >= 11 is 0. The summed E-state index contributed by atoms with van der Waals surface area (Å²) in [6.07, 6.45) is 16.9. The Morgan fingerprint density at radius 1 is 1.10 bits per heavy atom. The van der Waals surface area contributed by atoms with Crippen LogP contribution in [0.2, 0.25) is 0 Å². The van der Waals surface area contributed by atoms with Crippen LogP contribution < -0.4 is 11.1 Å². The van der Waals surface area contributed by atoms with Gasteiger partial charge in [0, 0.05) is 31.0 Å². The SMILES string of the molecule is C=C(CSSCC(=O)O[C@H]1CC[C@@]2(C)C(=CC[C@H]3[C@@H]4CC[C@H]([C@H](C)CCCC(C)C)[C@@]4(C)CC[C@@H]32)C1)NCCN. The molecule has 3 N–H and O–H groups in total. The first-order chi connectivity index (χ1) is 19.1. The molecule has 0 spiro atoms. The molecule has 0 aromatic carbocycles. The van der Waals surface area contributed by atoms with Crippen molar-refractivity contribution in [3.8, 4) is 0 Å². The number of fused-ring (bicyclic) bond motifs is 5. The van der Waals surface area contributed by atoms with E-state index in [0.29, 0.717) is 23.1 Å². The van der Waals surface area contributed by atoms with E-state index < -0.39 is 0 Å². The van der Waals surface area contributed by atoms with Gasteiger partial charge in [-0.2, -0.15) is 0 Å². The number of ether oxygens (including phenoxy) is 1. The summed E-state index contributed by atoms with van der Waals surface area (Å²) in [5.41, 5.74) is 8.92. The summed E-state index contributed by atoms with van der Waals surface area (Å²) in [7, 11) is 3.21. The topological polar surface area (TPSA) is 64.3 Å². The standard InChI is InChI=1S/C34H58N2O2S2/c1-23(2)8-7-9-24(3)29-12-13-30-28-11-10-26-20-27(14-16-33(26,5)31(28)15-17-34(29,30)6)38-32(37)22-40-39-21-25(4)36-19-18-35/h10,23-24,27-31,36H,4,7-9,11-22,35H2,1-3,5-6H3/t24-,27+,28+,29-,30+,31+,33+,34-/m1/s1.